The Morgan fingerprint density at radius 3 is 2.80 bits per heavy atom. The van der Waals surface area contributed by atoms with E-state index in [9.17, 15) is 4.79 Å². The molecule has 1 aromatic heterocycles. The number of carbonyl (C=O) groups excluding carboxylic acids is 1. The Balaban J connectivity index is 1.53. The van der Waals surface area contributed by atoms with Gasteiger partial charge in [-0.15, -0.1) is 0 Å². The standard InChI is InChI=1S/C19H27N5O/c1-15-18(14-23(2)22-15)21-19(25)20-12-17-10-6-7-11-24(17)13-16-8-4-3-5-9-16/h3-5,8-9,14,17H,6-7,10-13H2,1-2H3,(H2,20,21,25). The molecular formula is C19H27N5O. The molecule has 6 heteroatoms. The second kappa shape index (κ2) is 8.16. The van der Waals surface area contributed by atoms with E-state index >= 15 is 0 Å². The third kappa shape index (κ3) is 4.82. The van der Waals surface area contributed by atoms with E-state index in [4.69, 9.17) is 0 Å². The molecule has 2 N–H and O–H groups in total. The van der Waals surface area contributed by atoms with Crippen LogP contribution in [0.4, 0.5) is 10.5 Å². The van der Waals surface area contributed by atoms with Crippen LogP contribution < -0.4 is 10.6 Å². The summed E-state index contributed by atoms with van der Waals surface area (Å²) >= 11 is 0. The molecular weight excluding hydrogens is 314 g/mol. The molecule has 0 spiro atoms. The molecule has 2 heterocycles. The van der Waals surface area contributed by atoms with Crippen molar-refractivity contribution in [3.8, 4) is 0 Å². The monoisotopic (exact) mass is 341 g/mol. The molecule has 1 fully saturated rings. The smallest absolute Gasteiger partial charge is 0.319 e. The van der Waals surface area contributed by atoms with Gasteiger partial charge in [0, 0.05) is 32.4 Å². The highest BCUT2D eigenvalue weighted by Crippen LogP contribution is 2.19. The summed E-state index contributed by atoms with van der Waals surface area (Å²) in [6.07, 6.45) is 5.39. The number of piperidine rings is 1. The Labute approximate surface area is 149 Å². The molecule has 1 unspecified atom stereocenters. The van der Waals surface area contributed by atoms with Gasteiger partial charge < -0.3 is 10.6 Å². The molecule has 3 rings (SSSR count). The lowest BCUT2D eigenvalue weighted by Crippen LogP contribution is -2.47. The normalized spacial score (nSPS) is 18.1. The molecule has 1 aliphatic rings. The minimum Gasteiger partial charge on any atom is -0.336 e. The summed E-state index contributed by atoms with van der Waals surface area (Å²) in [6, 6.07) is 10.8. The predicted molar refractivity (Wildman–Crippen MR) is 99.5 cm³/mol. The number of benzene rings is 1. The third-order valence-corrected chi connectivity index (χ3v) is 4.74. The van der Waals surface area contributed by atoms with E-state index in [1.165, 1.54) is 18.4 Å². The van der Waals surface area contributed by atoms with E-state index in [0.29, 0.717) is 12.6 Å². The number of rotatable bonds is 5. The summed E-state index contributed by atoms with van der Waals surface area (Å²) in [6.45, 7) is 4.58. The molecule has 0 aliphatic carbocycles. The van der Waals surface area contributed by atoms with Crippen LogP contribution >= 0.6 is 0 Å². The molecule has 1 atom stereocenters. The maximum atomic E-state index is 12.2. The Morgan fingerprint density at radius 1 is 1.28 bits per heavy atom. The van der Waals surface area contributed by atoms with Gasteiger partial charge in [-0.25, -0.2) is 4.79 Å². The van der Waals surface area contributed by atoms with Crippen molar-refractivity contribution in [2.75, 3.05) is 18.4 Å². The minimum atomic E-state index is -0.165. The fourth-order valence-electron chi connectivity index (χ4n) is 3.42. The zero-order valence-electron chi connectivity index (χ0n) is 15.0. The maximum Gasteiger partial charge on any atom is 0.319 e. The highest BCUT2D eigenvalue weighted by Gasteiger charge is 2.23. The Morgan fingerprint density at radius 2 is 2.08 bits per heavy atom. The van der Waals surface area contributed by atoms with Crippen LogP contribution in [-0.4, -0.2) is 39.8 Å². The van der Waals surface area contributed by atoms with E-state index in [0.717, 1.165) is 30.9 Å². The van der Waals surface area contributed by atoms with Gasteiger partial charge >= 0.3 is 6.03 Å². The molecule has 2 amide bonds. The van der Waals surface area contributed by atoms with Crippen molar-refractivity contribution in [1.29, 1.82) is 0 Å². The number of nitrogens with zero attached hydrogens (tertiary/aromatic N) is 3. The first-order valence-electron chi connectivity index (χ1n) is 8.95. The van der Waals surface area contributed by atoms with Gasteiger partial charge in [-0.1, -0.05) is 36.8 Å². The Kier molecular flexibility index (Phi) is 5.71. The van der Waals surface area contributed by atoms with Gasteiger partial charge in [0.15, 0.2) is 0 Å². The predicted octanol–water partition coefficient (Wildman–Crippen LogP) is 2.90. The molecule has 134 valence electrons. The Bertz CT molecular complexity index is 697. The largest absolute Gasteiger partial charge is 0.336 e. The van der Waals surface area contributed by atoms with Gasteiger partial charge in [-0.05, 0) is 31.9 Å². The first-order chi connectivity index (χ1) is 12.1. The lowest BCUT2D eigenvalue weighted by molar-refractivity contribution is 0.139. The average Bonchev–Trinajstić information content (AvgIpc) is 2.92. The number of hydrogen-bond donors (Lipinski definition) is 2. The number of nitrogens with one attached hydrogen (secondary N) is 2. The fraction of sp³-hybridized carbons (Fsp3) is 0.474. The van der Waals surface area contributed by atoms with Crippen molar-refractivity contribution in [3.05, 3.63) is 47.8 Å². The van der Waals surface area contributed by atoms with Gasteiger partial charge in [-0.2, -0.15) is 5.10 Å². The average molecular weight is 341 g/mol. The second-order valence-corrected chi connectivity index (χ2v) is 6.74. The van der Waals surface area contributed by atoms with E-state index in [1.807, 2.05) is 26.2 Å². The molecule has 0 radical (unpaired) electrons. The summed E-state index contributed by atoms with van der Waals surface area (Å²) < 4.78 is 1.70. The van der Waals surface area contributed by atoms with Gasteiger partial charge in [0.1, 0.15) is 0 Å². The van der Waals surface area contributed by atoms with E-state index < -0.39 is 0 Å². The van der Waals surface area contributed by atoms with Gasteiger partial charge in [0.25, 0.3) is 0 Å². The topological polar surface area (TPSA) is 62.2 Å². The zero-order valence-corrected chi connectivity index (χ0v) is 15.0. The summed E-state index contributed by atoms with van der Waals surface area (Å²) in [5, 5.41) is 10.1. The van der Waals surface area contributed by atoms with Gasteiger partial charge in [-0.3, -0.25) is 9.58 Å². The van der Waals surface area contributed by atoms with Crippen LogP contribution in [0.2, 0.25) is 0 Å². The van der Waals surface area contributed by atoms with Crippen LogP contribution in [0.25, 0.3) is 0 Å². The maximum absolute atomic E-state index is 12.2. The molecule has 0 bridgehead atoms. The number of urea groups is 1. The summed E-state index contributed by atoms with van der Waals surface area (Å²) in [4.78, 5) is 14.7. The van der Waals surface area contributed by atoms with Gasteiger partial charge in [0.05, 0.1) is 11.4 Å². The quantitative estimate of drug-likeness (QED) is 0.879. The molecule has 25 heavy (non-hydrogen) atoms. The van der Waals surface area contributed by atoms with Crippen LogP contribution in [0.1, 0.15) is 30.5 Å². The van der Waals surface area contributed by atoms with Crippen LogP contribution in [0, 0.1) is 6.92 Å². The zero-order chi connectivity index (χ0) is 17.6. The minimum absolute atomic E-state index is 0.165. The summed E-state index contributed by atoms with van der Waals surface area (Å²) in [5.74, 6) is 0. The third-order valence-electron chi connectivity index (χ3n) is 4.74. The SMILES string of the molecule is Cc1nn(C)cc1NC(=O)NCC1CCCCN1Cc1ccccc1. The van der Waals surface area contributed by atoms with Crippen LogP contribution in [0.5, 0.6) is 0 Å². The summed E-state index contributed by atoms with van der Waals surface area (Å²) in [7, 11) is 1.85. The molecule has 6 nitrogen and oxygen atoms in total. The second-order valence-electron chi connectivity index (χ2n) is 6.74. The van der Waals surface area contributed by atoms with Crippen molar-refractivity contribution in [3.63, 3.8) is 0 Å². The molecule has 1 aromatic carbocycles. The van der Waals surface area contributed by atoms with E-state index in [-0.39, 0.29) is 6.03 Å². The van der Waals surface area contributed by atoms with Crippen LogP contribution in [0.3, 0.4) is 0 Å². The van der Waals surface area contributed by atoms with Crippen molar-refractivity contribution < 1.29 is 4.79 Å². The number of aromatic nitrogens is 2. The highest BCUT2D eigenvalue weighted by atomic mass is 16.2. The van der Waals surface area contributed by atoms with E-state index in [2.05, 4.69) is 44.9 Å². The number of anilines is 1. The lowest BCUT2D eigenvalue weighted by atomic mass is 10.0. The summed E-state index contributed by atoms with van der Waals surface area (Å²) in [5.41, 5.74) is 2.90. The first-order valence-corrected chi connectivity index (χ1v) is 8.95. The number of hydrogen-bond acceptors (Lipinski definition) is 3. The molecule has 2 aromatic rings. The number of aryl methyl sites for hydroxylation is 2. The van der Waals surface area contributed by atoms with Crippen molar-refractivity contribution >= 4 is 11.7 Å². The number of carbonyl (C=O) groups is 1. The van der Waals surface area contributed by atoms with Crippen LogP contribution in [-0.2, 0) is 13.6 Å². The first kappa shape index (κ1) is 17.5. The van der Waals surface area contributed by atoms with Gasteiger partial charge in [0.2, 0.25) is 0 Å². The fourth-order valence-corrected chi connectivity index (χ4v) is 3.42. The Hall–Kier alpha value is -2.34. The molecule has 1 aliphatic heterocycles. The van der Waals surface area contributed by atoms with Crippen LogP contribution in [0.15, 0.2) is 36.5 Å². The lowest BCUT2D eigenvalue weighted by Gasteiger charge is -2.35. The molecule has 0 saturated carbocycles. The molecule has 1 saturated heterocycles. The number of amides is 2. The van der Waals surface area contributed by atoms with E-state index in [1.54, 1.807) is 4.68 Å². The van der Waals surface area contributed by atoms with Crippen molar-refractivity contribution in [2.24, 2.45) is 7.05 Å². The highest BCUT2D eigenvalue weighted by molar-refractivity contribution is 5.89. The van der Waals surface area contributed by atoms with Crippen molar-refractivity contribution in [1.82, 2.24) is 20.0 Å². The van der Waals surface area contributed by atoms with Crippen molar-refractivity contribution in [2.45, 2.75) is 38.8 Å². The number of likely N-dealkylation sites (tertiary alicyclic amines) is 1.